The van der Waals surface area contributed by atoms with Gasteiger partial charge in [0.15, 0.2) is 0 Å². The number of rotatable bonds is 6. The van der Waals surface area contributed by atoms with Gasteiger partial charge in [-0.15, -0.1) is 0 Å². The smallest absolute Gasteiger partial charge is 0.407 e. The van der Waals surface area contributed by atoms with Crippen molar-refractivity contribution in [2.24, 2.45) is 5.41 Å². The van der Waals surface area contributed by atoms with E-state index < -0.39 is 28.6 Å². The van der Waals surface area contributed by atoms with Gasteiger partial charge in [-0.1, -0.05) is 48.5 Å². The van der Waals surface area contributed by atoms with Crippen molar-refractivity contribution in [2.75, 3.05) is 13.2 Å². The van der Waals surface area contributed by atoms with E-state index in [2.05, 4.69) is 29.6 Å². The molecular formula is C28H34N2O5. The maximum absolute atomic E-state index is 13.5. The molecule has 1 aliphatic carbocycles. The van der Waals surface area contributed by atoms with Crippen LogP contribution in [0.25, 0.3) is 11.1 Å². The number of amides is 2. The van der Waals surface area contributed by atoms with Crippen molar-refractivity contribution in [3.63, 3.8) is 0 Å². The highest BCUT2D eigenvalue weighted by Gasteiger charge is 2.53. The molecule has 2 aliphatic rings. The quantitative estimate of drug-likeness (QED) is 0.622. The summed E-state index contributed by atoms with van der Waals surface area (Å²) < 4.78 is 5.69. The lowest BCUT2D eigenvalue weighted by Gasteiger charge is -2.45. The van der Waals surface area contributed by atoms with Gasteiger partial charge < -0.3 is 20.1 Å². The molecule has 1 fully saturated rings. The van der Waals surface area contributed by atoms with Crippen LogP contribution in [0.3, 0.4) is 0 Å². The molecule has 2 N–H and O–H groups in total. The maximum atomic E-state index is 13.5. The number of likely N-dealkylation sites (tertiary alicyclic amines) is 1. The van der Waals surface area contributed by atoms with Gasteiger partial charge in [0.2, 0.25) is 5.91 Å². The van der Waals surface area contributed by atoms with Crippen molar-refractivity contribution in [2.45, 2.75) is 64.5 Å². The molecule has 0 aromatic heterocycles. The van der Waals surface area contributed by atoms with E-state index in [0.717, 1.165) is 22.3 Å². The second-order valence-electron chi connectivity index (χ2n) is 10.8. The number of ether oxygens (including phenoxy) is 1. The van der Waals surface area contributed by atoms with Crippen LogP contribution in [0.2, 0.25) is 0 Å². The summed E-state index contributed by atoms with van der Waals surface area (Å²) in [5, 5.41) is 12.6. The van der Waals surface area contributed by atoms with Crippen LogP contribution >= 0.6 is 0 Å². The summed E-state index contributed by atoms with van der Waals surface area (Å²) in [4.78, 5) is 39.8. The fourth-order valence-electron chi connectivity index (χ4n) is 5.16. The first-order chi connectivity index (χ1) is 16.4. The minimum absolute atomic E-state index is 0.0632. The number of carboxylic acids is 1. The average molecular weight is 479 g/mol. The van der Waals surface area contributed by atoms with Gasteiger partial charge in [0, 0.05) is 12.5 Å². The van der Waals surface area contributed by atoms with Crippen molar-refractivity contribution >= 4 is 18.0 Å². The number of benzene rings is 2. The van der Waals surface area contributed by atoms with Crippen molar-refractivity contribution in [1.29, 1.82) is 0 Å². The zero-order valence-electron chi connectivity index (χ0n) is 21.1. The number of carboxylic acid groups (broad SMARTS) is 1. The third-order valence-corrected chi connectivity index (χ3v) is 8.20. The highest BCUT2D eigenvalue weighted by Crippen LogP contribution is 2.44. The molecule has 7 nitrogen and oxygen atoms in total. The van der Waals surface area contributed by atoms with Crippen LogP contribution in [0.5, 0.6) is 0 Å². The highest BCUT2D eigenvalue weighted by atomic mass is 16.5. The molecule has 1 atom stereocenters. The molecule has 1 aliphatic heterocycles. The molecular weight excluding hydrogens is 444 g/mol. The number of aliphatic carboxylic acids is 1. The molecule has 2 aromatic carbocycles. The molecule has 1 heterocycles. The van der Waals surface area contributed by atoms with Gasteiger partial charge in [-0.25, -0.2) is 9.59 Å². The number of hydrogen-bond acceptors (Lipinski definition) is 4. The maximum Gasteiger partial charge on any atom is 0.407 e. The summed E-state index contributed by atoms with van der Waals surface area (Å²) >= 11 is 0. The van der Waals surface area contributed by atoms with E-state index in [0.29, 0.717) is 19.4 Å². The first kappa shape index (κ1) is 24.8. The molecule has 0 spiro atoms. The van der Waals surface area contributed by atoms with E-state index in [1.807, 2.05) is 24.3 Å². The van der Waals surface area contributed by atoms with Crippen LogP contribution in [-0.2, 0) is 14.3 Å². The zero-order chi connectivity index (χ0) is 25.6. The van der Waals surface area contributed by atoms with Crippen LogP contribution in [-0.4, -0.2) is 52.2 Å². The number of carbonyl (C=O) groups excluding carboxylic acids is 2. The first-order valence-electron chi connectivity index (χ1n) is 12.1. The Bertz CT molecular complexity index is 1130. The van der Waals surface area contributed by atoms with Gasteiger partial charge in [0.25, 0.3) is 0 Å². The number of nitrogens with zero attached hydrogens (tertiary/aromatic N) is 1. The molecule has 4 rings (SSSR count). The standard InChI is InChI=1S/C28H34N2O5/c1-26(2,23(31)30-16-10-15-28(30,5)24(32)33)27(3,4)29-25(34)35-17-22-20-13-8-6-11-18(20)19-12-7-9-14-21(19)22/h6-9,11-14,22H,10,15-17H2,1-5H3,(H,29,34)(H,32,33). The normalized spacial score (nSPS) is 19.7. The molecule has 0 radical (unpaired) electrons. The second kappa shape index (κ2) is 8.70. The van der Waals surface area contributed by atoms with E-state index in [4.69, 9.17) is 4.74 Å². The van der Waals surface area contributed by atoms with Crippen LogP contribution < -0.4 is 5.32 Å². The Hall–Kier alpha value is -3.35. The van der Waals surface area contributed by atoms with Gasteiger partial charge in [-0.05, 0) is 69.7 Å². The summed E-state index contributed by atoms with van der Waals surface area (Å²) in [6.45, 7) is 9.14. The van der Waals surface area contributed by atoms with Crippen LogP contribution in [0.15, 0.2) is 48.5 Å². The lowest BCUT2D eigenvalue weighted by atomic mass is 9.73. The third-order valence-electron chi connectivity index (χ3n) is 8.20. The van der Waals surface area contributed by atoms with Crippen molar-refractivity contribution in [1.82, 2.24) is 10.2 Å². The number of alkyl carbamates (subject to hydrolysis) is 1. The van der Waals surface area contributed by atoms with Crippen LogP contribution in [0.4, 0.5) is 4.79 Å². The Morgan fingerprint density at radius 2 is 1.57 bits per heavy atom. The van der Waals surface area contributed by atoms with Crippen LogP contribution in [0, 0.1) is 5.41 Å². The fraction of sp³-hybridized carbons (Fsp3) is 0.464. The average Bonchev–Trinajstić information content (AvgIpc) is 3.36. The van der Waals surface area contributed by atoms with Gasteiger partial charge in [0.1, 0.15) is 12.1 Å². The van der Waals surface area contributed by atoms with Gasteiger partial charge in [-0.3, -0.25) is 4.79 Å². The molecule has 186 valence electrons. The summed E-state index contributed by atoms with van der Waals surface area (Å²) in [7, 11) is 0. The molecule has 2 amide bonds. The Labute approximate surface area is 206 Å². The van der Waals surface area contributed by atoms with Gasteiger partial charge in [-0.2, -0.15) is 0 Å². The van der Waals surface area contributed by atoms with Crippen molar-refractivity contribution in [3.8, 4) is 11.1 Å². The Morgan fingerprint density at radius 3 is 2.11 bits per heavy atom. The van der Waals surface area contributed by atoms with E-state index in [1.165, 1.54) is 4.90 Å². The van der Waals surface area contributed by atoms with Crippen LogP contribution in [0.1, 0.15) is 64.5 Å². The van der Waals surface area contributed by atoms with E-state index >= 15 is 0 Å². The largest absolute Gasteiger partial charge is 0.480 e. The lowest BCUT2D eigenvalue weighted by molar-refractivity contribution is -0.161. The molecule has 2 aromatic rings. The summed E-state index contributed by atoms with van der Waals surface area (Å²) in [5.74, 6) is -1.38. The zero-order valence-corrected chi connectivity index (χ0v) is 21.1. The van der Waals surface area contributed by atoms with Crippen molar-refractivity contribution < 1.29 is 24.2 Å². The molecule has 35 heavy (non-hydrogen) atoms. The molecule has 1 unspecified atom stereocenters. The third kappa shape index (κ3) is 4.07. The molecule has 0 saturated carbocycles. The predicted molar refractivity (Wildman–Crippen MR) is 133 cm³/mol. The minimum Gasteiger partial charge on any atom is -0.480 e. The Kier molecular flexibility index (Phi) is 6.16. The predicted octanol–water partition coefficient (Wildman–Crippen LogP) is 4.80. The van der Waals surface area contributed by atoms with E-state index in [9.17, 15) is 19.5 Å². The molecule has 1 saturated heterocycles. The minimum atomic E-state index is -1.24. The lowest BCUT2D eigenvalue weighted by Crippen LogP contribution is -2.63. The Morgan fingerprint density at radius 1 is 1.03 bits per heavy atom. The number of nitrogens with one attached hydrogen (secondary N) is 1. The number of carbonyl (C=O) groups is 3. The molecule has 7 heteroatoms. The highest BCUT2D eigenvalue weighted by molar-refractivity contribution is 5.91. The first-order valence-corrected chi connectivity index (χ1v) is 12.1. The Balaban J connectivity index is 1.46. The fourth-order valence-corrected chi connectivity index (χ4v) is 5.16. The summed E-state index contributed by atoms with van der Waals surface area (Å²) in [6.07, 6.45) is 0.426. The SMILES string of the molecule is CC1(C(=O)O)CCCN1C(=O)C(C)(C)C(C)(C)NC(=O)OCC1c2ccccc2-c2ccccc21. The van der Waals surface area contributed by atoms with Gasteiger partial charge >= 0.3 is 12.1 Å². The molecule has 0 bridgehead atoms. The summed E-state index contributed by atoms with van der Waals surface area (Å²) in [5.41, 5.74) is 1.24. The van der Waals surface area contributed by atoms with Crippen molar-refractivity contribution in [3.05, 3.63) is 59.7 Å². The van der Waals surface area contributed by atoms with E-state index in [1.54, 1.807) is 34.6 Å². The van der Waals surface area contributed by atoms with Gasteiger partial charge in [0.05, 0.1) is 11.0 Å². The monoisotopic (exact) mass is 478 g/mol. The second-order valence-corrected chi connectivity index (χ2v) is 10.8. The summed E-state index contributed by atoms with van der Waals surface area (Å²) in [6, 6.07) is 16.2. The van der Waals surface area contributed by atoms with E-state index in [-0.39, 0.29) is 18.4 Å². The number of fused-ring (bicyclic) bond motifs is 3. The number of hydrogen-bond donors (Lipinski definition) is 2. The topological polar surface area (TPSA) is 95.9 Å².